The van der Waals surface area contributed by atoms with Crippen LogP contribution in [0.15, 0.2) is 42.5 Å². The van der Waals surface area contributed by atoms with E-state index in [-0.39, 0.29) is 17.9 Å². The fraction of sp³-hybridized carbons (Fsp3) is 0.278. The molecule has 0 aliphatic heterocycles. The summed E-state index contributed by atoms with van der Waals surface area (Å²) >= 11 is 0. The highest BCUT2D eigenvalue weighted by molar-refractivity contribution is 5.74. The molecule has 0 saturated heterocycles. The summed E-state index contributed by atoms with van der Waals surface area (Å²) in [5, 5.41) is 8.85. The lowest BCUT2D eigenvalue weighted by Gasteiger charge is -2.12. The van der Waals surface area contributed by atoms with Gasteiger partial charge in [0, 0.05) is 18.1 Å². The summed E-state index contributed by atoms with van der Waals surface area (Å²) in [6.45, 7) is -0.389. The summed E-state index contributed by atoms with van der Waals surface area (Å²) in [5.74, 6) is -1.62. The molecule has 0 bridgehead atoms. The fourth-order valence-electron chi connectivity index (χ4n) is 2.40. The standard InChI is InChI=1S/C18H14F4O4/c19-15-5-4-11(18(20,21)22)6-10(15)9-25-12-2-1-3-13(7-12)26-16-8-14(16)17(23)24/h1-7,14,16H,8-9H2,(H,23,24)/t14?,16-/m1/s1. The van der Waals surface area contributed by atoms with Crippen molar-refractivity contribution >= 4 is 5.97 Å². The molecule has 0 spiro atoms. The van der Waals surface area contributed by atoms with Crippen LogP contribution in [0.25, 0.3) is 0 Å². The van der Waals surface area contributed by atoms with Crippen molar-refractivity contribution < 1.29 is 36.9 Å². The Morgan fingerprint density at radius 1 is 1.15 bits per heavy atom. The Hall–Kier alpha value is -2.77. The van der Waals surface area contributed by atoms with Crippen LogP contribution < -0.4 is 9.47 Å². The third-order valence-electron chi connectivity index (χ3n) is 3.91. The molecular formula is C18H14F4O4. The first-order valence-electron chi connectivity index (χ1n) is 7.72. The van der Waals surface area contributed by atoms with Gasteiger partial charge in [-0.2, -0.15) is 13.2 Å². The zero-order valence-corrected chi connectivity index (χ0v) is 13.3. The van der Waals surface area contributed by atoms with Crippen molar-refractivity contribution in [1.29, 1.82) is 0 Å². The van der Waals surface area contributed by atoms with Gasteiger partial charge >= 0.3 is 12.1 Å². The molecule has 8 heteroatoms. The van der Waals surface area contributed by atoms with Crippen molar-refractivity contribution in [3.63, 3.8) is 0 Å². The van der Waals surface area contributed by atoms with Crippen LogP contribution in [0.4, 0.5) is 17.6 Å². The number of carboxylic acids is 1. The molecule has 1 unspecified atom stereocenters. The molecule has 0 radical (unpaired) electrons. The summed E-state index contributed by atoms with van der Waals surface area (Å²) in [4.78, 5) is 10.8. The fourth-order valence-corrected chi connectivity index (χ4v) is 2.40. The van der Waals surface area contributed by atoms with E-state index in [1.54, 1.807) is 18.2 Å². The minimum Gasteiger partial charge on any atom is -0.489 e. The first-order chi connectivity index (χ1) is 12.2. The number of halogens is 4. The molecule has 1 N–H and O–H groups in total. The van der Waals surface area contributed by atoms with Crippen LogP contribution in [0.3, 0.4) is 0 Å². The van der Waals surface area contributed by atoms with Gasteiger partial charge in [0.05, 0.1) is 11.5 Å². The Morgan fingerprint density at radius 3 is 2.54 bits per heavy atom. The van der Waals surface area contributed by atoms with Crippen LogP contribution in [0.2, 0.25) is 0 Å². The molecule has 1 fully saturated rings. The molecule has 2 aromatic carbocycles. The average Bonchev–Trinajstić information content (AvgIpc) is 3.33. The quantitative estimate of drug-likeness (QED) is 0.772. The van der Waals surface area contributed by atoms with E-state index >= 15 is 0 Å². The van der Waals surface area contributed by atoms with Gasteiger partial charge in [-0.1, -0.05) is 6.07 Å². The van der Waals surface area contributed by atoms with Crippen molar-refractivity contribution in [2.45, 2.75) is 25.3 Å². The number of alkyl halides is 3. The lowest BCUT2D eigenvalue weighted by atomic mass is 10.1. The largest absolute Gasteiger partial charge is 0.489 e. The van der Waals surface area contributed by atoms with E-state index in [1.165, 1.54) is 6.07 Å². The van der Waals surface area contributed by atoms with Gasteiger partial charge < -0.3 is 14.6 Å². The van der Waals surface area contributed by atoms with Crippen LogP contribution in [-0.4, -0.2) is 17.2 Å². The molecule has 1 saturated carbocycles. The zero-order chi connectivity index (χ0) is 18.9. The molecule has 1 aliphatic rings. The number of rotatable bonds is 6. The molecule has 0 aromatic heterocycles. The summed E-state index contributed by atoms with van der Waals surface area (Å²) in [7, 11) is 0. The van der Waals surface area contributed by atoms with E-state index in [2.05, 4.69) is 0 Å². The van der Waals surface area contributed by atoms with Gasteiger partial charge in [0.25, 0.3) is 0 Å². The Labute approximate surface area is 146 Å². The second kappa shape index (κ2) is 6.86. The first kappa shape index (κ1) is 18.0. The molecule has 2 atom stereocenters. The first-order valence-corrected chi connectivity index (χ1v) is 7.72. The maximum Gasteiger partial charge on any atom is 0.416 e. The predicted molar refractivity (Wildman–Crippen MR) is 82.3 cm³/mol. The highest BCUT2D eigenvalue weighted by Gasteiger charge is 2.45. The summed E-state index contributed by atoms with van der Waals surface area (Å²) in [5.41, 5.74) is -1.18. The SMILES string of the molecule is O=C(O)C1C[C@H]1Oc1cccc(OCc2cc(C(F)(F)F)ccc2F)c1. The van der Waals surface area contributed by atoms with Gasteiger partial charge in [0.2, 0.25) is 0 Å². The molecule has 0 amide bonds. The highest BCUT2D eigenvalue weighted by atomic mass is 19.4. The number of benzene rings is 2. The second-order valence-corrected chi connectivity index (χ2v) is 5.90. The van der Waals surface area contributed by atoms with Crippen LogP contribution in [0.1, 0.15) is 17.5 Å². The monoisotopic (exact) mass is 370 g/mol. The smallest absolute Gasteiger partial charge is 0.416 e. The molecule has 138 valence electrons. The second-order valence-electron chi connectivity index (χ2n) is 5.90. The van der Waals surface area contributed by atoms with Gasteiger partial charge in [0.1, 0.15) is 30.0 Å². The third kappa shape index (κ3) is 4.25. The van der Waals surface area contributed by atoms with E-state index < -0.39 is 35.5 Å². The number of hydrogen-bond donors (Lipinski definition) is 1. The van der Waals surface area contributed by atoms with E-state index in [0.29, 0.717) is 24.3 Å². The molecule has 1 aliphatic carbocycles. The molecule has 0 heterocycles. The normalized spacial score (nSPS) is 19.1. The van der Waals surface area contributed by atoms with Crippen molar-refractivity contribution in [2.24, 2.45) is 5.92 Å². The van der Waals surface area contributed by atoms with Gasteiger partial charge in [-0.3, -0.25) is 4.79 Å². The maximum atomic E-state index is 13.7. The average molecular weight is 370 g/mol. The number of carbonyl (C=O) groups is 1. The minimum absolute atomic E-state index is 0.223. The number of aliphatic carboxylic acids is 1. The van der Waals surface area contributed by atoms with Crippen molar-refractivity contribution in [2.75, 3.05) is 0 Å². The van der Waals surface area contributed by atoms with Crippen LogP contribution in [-0.2, 0) is 17.6 Å². The summed E-state index contributed by atoms with van der Waals surface area (Å²) < 4.78 is 62.7. The Morgan fingerprint density at radius 2 is 1.88 bits per heavy atom. The van der Waals surface area contributed by atoms with E-state index in [1.807, 2.05) is 0 Å². The molecule has 2 aromatic rings. The van der Waals surface area contributed by atoms with E-state index in [9.17, 15) is 22.4 Å². The van der Waals surface area contributed by atoms with E-state index in [4.69, 9.17) is 14.6 Å². The summed E-state index contributed by atoms with van der Waals surface area (Å²) in [6, 6.07) is 8.34. The maximum absolute atomic E-state index is 13.7. The predicted octanol–water partition coefficient (Wildman–Crippen LogP) is 4.28. The van der Waals surface area contributed by atoms with Gasteiger partial charge in [0.15, 0.2) is 0 Å². The van der Waals surface area contributed by atoms with Crippen LogP contribution >= 0.6 is 0 Å². The van der Waals surface area contributed by atoms with Gasteiger partial charge in [-0.25, -0.2) is 4.39 Å². The lowest BCUT2D eigenvalue weighted by molar-refractivity contribution is -0.139. The lowest BCUT2D eigenvalue weighted by Crippen LogP contribution is -2.08. The summed E-state index contributed by atoms with van der Waals surface area (Å²) in [6.07, 6.45) is -4.57. The van der Waals surface area contributed by atoms with Crippen LogP contribution in [0.5, 0.6) is 11.5 Å². The zero-order valence-electron chi connectivity index (χ0n) is 13.3. The topological polar surface area (TPSA) is 55.8 Å². The molecule has 4 nitrogen and oxygen atoms in total. The molecular weight excluding hydrogens is 356 g/mol. The highest BCUT2D eigenvalue weighted by Crippen LogP contribution is 2.36. The van der Waals surface area contributed by atoms with Crippen LogP contribution in [0, 0.1) is 11.7 Å². The van der Waals surface area contributed by atoms with Crippen molar-refractivity contribution in [3.05, 3.63) is 59.4 Å². The molecule has 26 heavy (non-hydrogen) atoms. The Bertz CT molecular complexity index is 819. The van der Waals surface area contributed by atoms with Gasteiger partial charge in [-0.15, -0.1) is 0 Å². The number of hydrogen-bond acceptors (Lipinski definition) is 3. The third-order valence-corrected chi connectivity index (χ3v) is 3.91. The van der Waals surface area contributed by atoms with Crippen molar-refractivity contribution in [3.8, 4) is 11.5 Å². The van der Waals surface area contributed by atoms with Gasteiger partial charge in [-0.05, 0) is 30.3 Å². The Balaban J connectivity index is 1.65. The number of carboxylic acid groups (broad SMARTS) is 1. The number of ether oxygens (including phenoxy) is 2. The minimum atomic E-state index is -4.57. The Kier molecular flexibility index (Phi) is 4.76. The molecule has 3 rings (SSSR count). The van der Waals surface area contributed by atoms with E-state index in [0.717, 1.165) is 6.07 Å². The van der Waals surface area contributed by atoms with Crippen molar-refractivity contribution in [1.82, 2.24) is 0 Å².